The minimum absolute atomic E-state index is 0.00315. The van der Waals surface area contributed by atoms with Crippen molar-refractivity contribution >= 4 is 53.2 Å². The predicted molar refractivity (Wildman–Crippen MR) is 171 cm³/mol. The number of ether oxygens (including phenoxy) is 1. The number of pyridine rings is 2. The topological polar surface area (TPSA) is 164 Å². The van der Waals surface area contributed by atoms with Gasteiger partial charge in [-0.3, -0.25) is 14.2 Å². The lowest BCUT2D eigenvalue weighted by atomic mass is 10.00. The third-order valence-corrected chi connectivity index (χ3v) is 9.47. The van der Waals surface area contributed by atoms with Crippen molar-refractivity contribution in [3.63, 3.8) is 0 Å². The molecule has 49 heavy (non-hydrogen) atoms. The van der Waals surface area contributed by atoms with Gasteiger partial charge in [0, 0.05) is 42.0 Å². The Bertz CT molecular complexity index is 2030. The van der Waals surface area contributed by atoms with Gasteiger partial charge >= 0.3 is 11.9 Å². The van der Waals surface area contributed by atoms with E-state index < -0.39 is 46.2 Å². The number of aliphatic hydroxyl groups is 2. The van der Waals surface area contributed by atoms with Crippen LogP contribution in [-0.4, -0.2) is 85.7 Å². The van der Waals surface area contributed by atoms with Crippen molar-refractivity contribution in [2.45, 2.75) is 62.6 Å². The van der Waals surface area contributed by atoms with E-state index >= 15 is 0 Å². The summed E-state index contributed by atoms with van der Waals surface area (Å²) in [6.45, 7) is 3.00. The Balaban J connectivity index is 1.30. The Morgan fingerprint density at radius 3 is 2.49 bits per heavy atom. The van der Waals surface area contributed by atoms with Gasteiger partial charge in [-0.25, -0.2) is 19.3 Å². The minimum atomic E-state index is -4.77. The number of alkyl halides is 3. The highest BCUT2D eigenvalue weighted by Crippen LogP contribution is 2.41. The third-order valence-electron chi connectivity index (χ3n) is 9.47. The maximum atomic E-state index is 14.1. The molecule has 1 saturated heterocycles. The molecule has 2 amide bonds. The summed E-state index contributed by atoms with van der Waals surface area (Å²) in [6.07, 6.45) is -0.534. The second kappa shape index (κ2) is 11.8. The number of rotatable bonds is 7. The van der Waals surface area contributed by atoms with Crippen LogP contribution in [0.2, 0.25) is 0 Å². The van der Waals surface area contributed by atoms with Gasteiger partial charge < -0.3 is 30.5 Å². The molecular weight excluding hydrogens is 646 g/mol. The summed E-state index contributed by atoms with van der Waals surface area (Å²) in [5.41, 5.74) is -2.73. The number of amides is 2. The van der Waals surface area contributed by atoms with Crippen molar-refractivity contribution < 1.29 is 37.7 Å². The fourth-order valence-corrected chi connectivity index (χ4v) is 6.93. The molecule has 0 bridgehead atoms. The van der Waals surface area contributed by atoms with Crippen molar-refractivity contribution in [1.29, 1.82) is 0 Å². The second-order valence-corrected chi connectivity index (χ2v) is 13.2. The van der Waals surface area contributed by atoms with Crippen LogP contribution >= 0.6 is 0 Å². The summed E-state index contributed by atoms with van der Waals surface area (Å²) in [5, 5.41) is 26.7. The van der Waals surface area contributed by atoms with E-state index in [-0.39, 0.29) is 71.7 Å². The summed E-state index contributed by atoms with van der Waals surface area (Å²) < 4.78 is 49.7. The second-order valence-electron chi connectivity index (χ2n) is 13.2. The fraction of sp³-hybridized carbons (Fsp3) is 0.469. The summed E-state index contributed by atoms with van der Waals surface area (Å²) >= 11 is 0. The van der Waals surface area contributed by atoms with Crippen LogP contribution in [0, 0.1) is 5.92 Å². The number of aromatic nitrogens is 4. The maximum Gasteiger partial charge on any atom is 0.418 e. The van der Waals surface area contributed by atoms with E-state index in [1.807, 2.05) is 6.92 Å². The molecule has 3 aromatic heterocycles. The summed E-state index contributed by atoms with van der Waals surface area (Å²) in [5.74, 6) is -3.70. The molecule has 2 unspecified atom stereocenters. The van der Waals surface area contributed by atoms with Crippen LogP contribution in [0.3, 0.4) is 0 Å². The van der Waals surface area contributed by atoms with Gasteiger partial charge in [0.25, 0.3) is 5.91 Å². The van der Waals surface area contributed by atoms with Gasteiger partial charge in [-0.2, -0.15) is 13.2 Å². The normalized spacial score (nSPS) is 21.8. The van der Waals surface area contributed by atoms with E-state index in [0.29, 0.717) is 23.8 Å². The van der Waals surface area contributed by atoms with Crippen LogP contribution in [-0.2, 0) is 21.5 Å². The molecule has 0 spiro atoms. The molecule has 4 aromatic rings. The molecule has 2 atom stereocenters. The van der Waals surface area contributed by atoms with E-state index in [2.05, 4.69) is 20.6 Å². The summed E-state index contributed by atoms with van der Waals surface area (Å²) in [6, 6.07) is 5.81. The molecule has 256 valence electrons. The Hall–Kier alpha value is -4.48. The zero-order valence-electron chi connectivity index (χ0n) is 26.5. The van der Waals surface area contributed by atoms with Crippen LogP contribution in [0.4, 0.5) is 24.8 Å². The highest BCUT2D eigenvalue weighted by molar-refractivity contribution is 6.11. The van der Waals surface area contributed by atoms with Gasteiger partial charge in [0.05, 0.1) is 47.1 Å². The van der Waals surface area contributed by atoms with E-state index in [1.165, 1.54) is 39.9 Å². The molecule has 4 N–H and O–H groups in total. The highest BCUT2D eigenvalue weighted by Gasteiger charge is 2.42. The number of imidazole rings is 1. The molecule has 2 saturated carbocycles. The Kier molecular flexibility index (Phi) is 7.99. The first-order valence-electron chi connectivity index (χ1n) is 16.0. The number of carbonyl (C=O) groups excluding carboxylic acids is 2. The zero-order valence-corrected chi connectivity index (χ0v) is 26.5. The van der Waals surface area contributed by atoms with Crippen LogP contribution in [0.15, 0.2) is 41.3 Å². The first kappa shape index (κ1) is 33.0. The van der Waals surface area contributed by atoms with Crippen molar-refractivity contribution in [3.8, 4) is 0 Å². The largest absolute Gasteiger partial charge is 0.418 e. The first-order chi connectivity index (χ1) is 23.1. The number of carbonyl (C=O) groups is 2. The first-order valence-corrected chi connectivity index (χ1v) is 16.0. The quantitative estimate of drug-likeness (QED) is 0.170. The molecule has 2 radical (unpaired) electrons. The van der Waals surface area contributed by atoms with E-state index in [1.54, 1.807) is 0 Å². The summed E-state index contributed by atoms with van der Waals surface area (Å²) in [7, 11) is 5.58. The van der Waals surface area contributed by atoms with Crippen LogP contribution < -0.4 is 16.3 Å². The van der Waals surface area contributed by atoms with Gasteiger partial charge in [-0.05, 0) is 51.2 Å². The van der Waals surface area contributed by atoms with E-state index in [9.17, 15) is 37.8 Å². The number of fused-ring (bicyclic) bond motifs is 2. The fourth-order valence-electron chi connectivity index (χ4n) is 6.93. The molecule has 17 heteroatoms. The molecular formula is C32H33BF3N7O6. The molecule has 1 aromatic carbocycles. The molecule has 4 heterocycles. The monoisotopic (exact) mass is 679 g/mol. The third kappa shape index (κ3) is 6.26. The average Bonchev–Trinajstić information content (AvgIpc) is 3.77. The molecule has 3 fully saturated rings. The summed E-state index contributed by atoms with van der Waals surface area (Å²) in [4.78, 5) is 49.9. The zero-order chi connectivity index (χ0) is 34.9. The van der Waals surface area contributed by atoms with E-state index in [0.717, 1.165) is 18.9 Å². The Morgan fingerprint density at radius 2 is 1.82 bits per heavy atom. The van der Waals surface area contributed by atoms with Gasteiger partial charge in [0.1, 0.15) is 11.6 Å². The average molecular weight is 679 g/mol. The number of anilines is 2. The number of morpholine rings is 1. The predicted octanol–water partition coefficient (Wildman–Crippen LogP) is 2.71. The number of hydrogen-bond donors (Lipinski definition) is 4. The lowest BCUT2D eigenvalue weighted by Gasteiger charge is -2.27. The van der Waals surface area contributed by atoms with Crippen molar-refractivity contribution in [2.24, 2.45) is 5.92 Å². The van der Waals surface area contributed by atoms with Gasteiger partial charge in [-0.1, -0.05) is 12.1 Å². The number of para-hydroxylation sites is 1. The number of nitrogens with zero attached hydrogens (tertiary/aromatic N) is 5. The Morgan fingerprint density at radius 1 is 1.08 bits per heavy atom. The number of nitrogens with one attached hydrogen (secondary N) is 2. The smallest absolute Gasteiger partial charge is 0.378 e. The van der Waals surface area contributed by atoms with Crippen LogP contribution in [0.5, 0.6) is 0 Å². The van der Waals surface area contributed by atoms with Crippen molar-refractivity contribution in [2.75, 3.05) is 31.6 Å². The van der Waals surface area contributed by atoms with Crippen LogP contribution in [0.1, 0.15) is 61.0 Å². The van der Waals surface area contributed by atoms with E-state index in [4.69, 9.17) is 12.6 Å². The Labute approximate surface area is 278 Å². The number of halogens is 3. The standard InChI is InChI=1S/C32H33BF3N7O6/c1-30(40-27(44)17-5-6-17)8-7-18(15-30)42-22-14-24(37-16-23(22)43(29(42)46)32(33,47)48)38-25-13-20(28(45)41-9-11-49-12-10-41)19-3-2-4-21(26(19)39-25)31(34,35)36/h2-4,13-14,16-18,47-48H,5-12,15H2,1H3,(H,40,44)(H,37,38,39). The lowest BCUT2D eigenvalue weighted by molar-refractivity contribution is -0.151. The van der Waals surface area contributed by atoms with Gasteiger partial charge in [0.2, 0.25) is 5.91 Å². The lowest BCUT2D eigenvalue weighted by Crippen LogP contribution is -2.45. The molecule has 7 rings (SSSR count). The molecule has 13 nitrogen and oxygen atoms in total. The van der Waals surface area contributed by atoms with Gasteiger partial charge in [0.15, 0.2) is 13.7 Å². The molecule has 1 aliphatic heterocycles. The number of benzene rings is 1. The SMILES string of the molecule is [B]C(O)(O)n1c(=O)n(C2CCC(C)(NC(=O)C3CC3)C2)c2cc(Nc3cc(C(=O)N4CCOCC4)c4cccc(C(F)(F)F)c4n3)ncc21. The molecule has 2 aliphatic carbocycles. The molecule has 3 aliphatic rings. The van der Waals surface area contributed by atoms with Crippen molar-refractivity contribution in [1.82, 2.24) is 29.3 Å². The highest BCUT2D eigenvalue weighted by atomic mass is 19.4. The van der Waals surface area contributed by atoms with Crippen molar-refractivity contribution in [3.05, 3.63) is 58.1 Å². The van der Waals surface area contributed by atoms with Crippen LogP contribution in [0.25, 0.3) is 21.9 Å². The maximum absolute atomic E-state index is 14.1. The number of hydrogen-bond acceptors (Lipinski definition) is 9. The minimum Gasteiger partial charge on any atom is -0.378 e. The van der Waals surface area contributed by atoms with Gasteiger partial charge in [-0.15, -0.1) is 0 Å².